The topological polar surface area (TPSA) is 70.2 Å². The molecule has 0 unspecified atom stereocenters. The minimum absolute atomic E-state index is 0.151. The van der Waals surface area contributed by atoms with Crippen LogP contribution in [-0.2, 0) is 21.3 Å². The number of anilines is 1. The standard InChI is InChI=1S/C21H25N3O4S/c1-22-9-10-23(16-18-5-2-3-8-20(18)22)21(25)17-6-4-7-19(15-17)29(26,27)24-11-13-28-14-12-24/h2-8,15H,9-14,16H2,1H3. The first kappa shape index (κ1) is 19.9. The van der Waals surface area contributed by atoms with Crippen LogP contribution in [-0.4, -0.2) is 70.0 Å². The largest absolute Gasteiger partial charge is 0.379 e. The van der Waals surface area contributed by atoms with E-state index in [0.29, 0.717) is 51.5 Å². The number of ether oxygens (including phenoxy) is 1. The second-order valence-electron chi connectivity index (χ2n) is 7.32. The van der Waals surface area contributed by atoms with Crippen LogP contribution in [0.25, 0.3) is 0 Å². The van der Waals surface area contributed by atoms with E-state index in [1.54, 1.807) is 23.1 Å². The van der Waals surface area contributed by atoms with E-state index in [4.69, 9.17) is 4.74 Å². The van der Waals surface area contributed by atoms with Crippen LogP contribution in [0.5, 0.6) is 0 Å². The molecule has 2 heterocycles. The van der Waals surface area contributed by atoms with Crippen LogP contribution in [0.4, 0.5) is 5.69 Å². The van der Waals surface area contributed by atoms with Gasteiger partial charge in [0, 0.05) is 51.0 Å². The zero-order chi connectivity index (χ0) is 20.4. The number of carbonyl (C=O) groups is 1. The fourth-order valence-corrected chi connectivity index (χ4v) is 5.23. The van der Waals surface area contributed by atoms with Gasteiger partial charge < -0.3 is 14.5 Å². The Bertz CT molecular complexity index is 1000. The lowest BCUT2D eigenvalue weighted by molar-refractivity contribution is 0.0729. The Hall–Kier alpha value is -2.42. The molecule has 7 nitrogen and oxygen atoms in total. The Kier molecular flexibility index (Phi) is 5.58. The van der Waals surface area contributed by atoms with Crippen molar-refractivity contribution in [3.63, 3.8) is 0 Å². The molecule has 2 aromatic carbocycles. The number of amides is 1. The Morgan fingerprint density at radius 1 is 0.966 bits per heavy atom. The summed E-state index contributed by atoms with van der Waals surface area (Å²) < 4.78 is 32.5. The second kappa shape index (κ2) is 8.14. The molecule has 2 aliphatic rings. The predicted molar refractivity (Wildman–Crippen MR) is 110 cm³/mol. The number of fused-ring (bicyclic) bond motifs is 1. The monoisotopic (exact) mass is 415 g/mol. The molecule has 2 aliphatic heterocycles. The summed E-state index contributed by atoms with van der Waals surface area (Å²) in [5.74, 6) is -0.158. The predicted octanol–water partition coefficient (Wildman–Crippen LogP) is 1.80. The van der Waals surface area contributed by atoms with Crippen LogP contribution in [0.15, 0.2) is 53.4 Å². The molecular weight excluding hydrogens is 390 g/mol. The summed E-state index contributed by atoms with van der Waals surface area (Å²) in [5, 5.41) is 0. The van der Waals surface area contributed by atoms with Crippen LogP contribution in [0, 0.1) is 0 Å². The van der Waals surface area contributed by atoms with Crippen LogP contribution >= 0.6 is 0 Å². The number of sulfonamides is 1. The maximum absolute atomic E-state index is 13.2. The molecule has 0 spiro atoms. The van der Waals surface area contributed by atoms with Gasteiger partial charge in [0.25, 0.3) is 5.91 Å². The summed E-state index contributed by atoms with van der Waals surface area (Å²) in [6.45, 7) is 3.22. The molecular formula is C21H25N3O4S. The summed E-state index contributed by atoms with van der Waals surface area (Å²) in [6.07, 6.45) is 0. The van der Waals surface area contributed by atoms with Crippen molar-refractivity contribution in [2.75, 3.05) is 51.3 Å². The highest BCUT2D eigenvalue weighted by Gasteiger charge is 2.28. The lowest BCUT2D eigenvalue weighted by Crippen LogP contribution is -2.40. The number of carbonyl (C=O) groups excluding carboxylic acids is 1. The molecule has 1 amide bonds. The van der Waals surface area contributed by atoms with Crippen LogP contribution in [0.2, 0.25) is 0 Å². The summed E-state index contributed by atoms with van der Waals surface area (Å²) in [4.78, 5) is 17.3. The smallest absolute Gasteiger partial charge is 0.254 e. The maximum Gasteiger partial charge on any atom is 0.254 e. The second-order valence-corrected chi connectivity index (χ2v) is 9.26. The van der Waals surface area contributed by atoms with E-state index in [1.807, 2.05) is 25.2 Å². The molecule has 0 atom stereocenters. The molecule has 154 valence electrons. The third-order valence-electron chi connectivity index (χ3n) is 5.45. The molecule has 0 N–H and O–H groups in total. The Morgan fingerprint density at radius 3 is 2.52 bits per heavy atom. The lowest BCUT2D eigenvalue weighted by atomic mass is 10.1. The minimum Gasteiger partial charge on any atom is -0.379 e. The van der Waals surface area contributed by atoms with Crippen molar-refractivity contribution < 1.29 is 17.9 Å². The summed E-state index contributed by atoms with van der Waals surface area (Å²) in [5.41, 5.74) is 2.59. The van der Waals surface area contributed by atoms with E-state index in [-0.39, 0.29) is 10.8 Å². The number of rotatable bonds is 3. The van der Waals surface area contributed by atoms with Crippen molar-refractivity contribution in [2.45, 2.75) is 11.4 Å². The van der Waals surface area contributed by atoms with Gasteiger partial charge >= 0.3 is 0 Å². The number of para-hydroxylation sites is 1. The normalized spacial score (nSPS) is 18.2. The highest BCUT2D eigenvalue weighted by molar-refractivity contribution is 7.89. The number of benzene rings is 2. The van der Waals surface area contributed by atoms with Gasteiger partial charge in [0.15, 0.2) is 0 Å². The molecule has 2 aromatic rings. The average molecular weight is 416 g/mol. The summed E-state index contributed by atoms with van der Waals surface area (Å²) >= 11 is 0. The zero-order valence-electron chi connectivity index (χ0n) is 16.5. The van der Waals surface area contributed by atoms with E-state index in [9.17, 15) is 13.2 Å². The van der Waals surface area contributed by atoms with Gasteiger partial charge in [-0.1, -0.05) is 24.3 Å². The van der Waals surface area contributed by atoms with Gasteiger partial charge in [-0.3, -0.25) is 4.79 Å². The molecule has 0 aromatic heterocycles. The van der Waals surface area contributed by atoms with Crippen molar-refractivity contribution in [1.29, 1.82) is 0 Å². The number of nitrogens with zero attached hydrogens (tertiary/aromatic N) is 3. The molecule has 1 fully saturated rings. The quantitative estimate of drug-likeness (QED) is 0.765. The highest BCUT2D eigenvalue weighted by atomic mass is 32.2. The Morgan fingerprint density at radius 2 is 1.72 bits per heavy atom. The van der Waals surface area contributed by atoms with Gasteiger partial charge in [0.2, 0.25) is 10.0 Å². The molecule has 4 rings (SSSR count). The van der Waals surface area contributed by atoms with Crippen molar-refractivity contribution >= 4 is 21.6 Å². The Labute approximate surface area is 171 Å². The van der Waals surface area contributed by atoms with E-state index < -0.39 is 10.0 Å². The fraction of sp³-hybridized carbons (Fsp3) is 0.381. The van der Waals surface area contributed by atoms with Gasteiger partial charge in [0.1, 0.15) is 0 Å². The molecule has 0 saturated carbocycles. The average Bonchev–Trinajstić information content (AvgIpc) is 2.93. The van der Waals surface area contributed by atoms with Crippen LogP contribution < -0.4 is 4.90 Å². The first-order chi connectivity index (χ1) is 14.0. The number of likely N-dealkylation sites (N-methyl/N-ethyl adjacent to an activating group) is 1. The molecule has 0 radical (unpaired) electrons. The van der Waals surface area contributed by atoms with Crippen molar-refractivity contribution in [3.05, 3.63) is 59.7 Å². The molecule has 0 aliphatic carbocycles. The molecule has 29 heavy (non-hydrogen) atoms. The van der Waals surface area contributed by atoms with E-state index >= 15 is 0 Å². The fourth-order valence-electron chi connectivity index (χ4n) is 3.77. The van der Waals surface area contributed by atoms with Crippen molar-refractivity contribution in [3.8, 4) is 0 Å². The molecule has 1 saturated heterocycles. The number of hydrogen-bond acceptors (Lipinski definition) is 5. The molecule has 8 heteroatoms. The van der Waals surface area contributed by atoms with Gasteiger partial charge in [0.05, 0.1) is 18.1 Å². The van der Waals surface area contributed by atoms with E-state index in [2.05, 4.69) is 11.0 Å². The maximum atomic E-state index is 13.2. The van der Waals surface area contributed by atoms with Gasteiger partial charge in [-0.05, 0) is 29.8 Å². The third kappa shape index (κ3) is 4.01. The lowest BCUT2D eigenvalue weighted by Gasteiger charge is -2.26. The number of morpholine rings is 1. The van der Waals surface area contributed by atoms with Crippen molar-refractivity contribution in [1.82, 2.24) is 9.21 Å². The minimum atomic E-state index is -3.64. The number of hydrogen-bond donors (Lipinski definition) is 0. The summed E-state index contributed by atoms with van der Waals surface area (Å²) in [7, 11) is -1.62. The summed E-state index contributed by atoms with van der Waals surface area (Å²) in [6, 6.07) is 14.4. The first-order valence-electron chi connectivity index (χ1n) is 9.73. The highest BCUT2D eigenvalue weighted by Crippen LogP contribution is 2.25. The van der Waals surface area contributed by atoms with Crippen molar-refractivity contribution in [2.24, 2.45) is 0 Å². The van der Waals surface area contributed by atoms with Gasteiger partial charge in [-0.25, -0.2) is 8.42 Å². The zero-order valence-corrected chi connectivity index (χ0v) is 17.3. The van der Waals surface area contributed by atoms with E-state index in [1.165, 1.54) is 10.4 Å². The van der Waals surface area contributed by atoms with Crippen LogP contribution in [0.3, 0.4) is 0 Å². The SMILES string of the molecule is CN1CCN(C(=O)c2cccc(S(=O)(=O)N3CCOCC3)c2)Cc2ccccc21. The van der Waals surface area contributed by atoms with Gasteiger partial charge in [-0.15, -0.1) is 0 Å². The Balaban J connectivity index is 1.59. The van der Waals surface area contributed by atoms with E-state index in [0.717, 1.165) is 11.3 Å². The van der Waals surface area contributed by atoms with Gasteiger partial charge in [-0.2, -0.15) is 4.31 Å². The third-order valence-corrected chi connectivity index (χ3v) is 7.34. The molecule has 0 bridgehead atoms. The first-order valence-corrected chi connectivity index (χ1v) is 11.2. The van der Waals surface area contributed by atoms with Crippen LogP contribution in [0.1, 0.15) is 15.9 Å².